The Hall–Kier alpha value is -2.72. The van der Waals surface area contributed by atoms with Crippen LogP contribution in [0.1, 0.15) is 28.1 Å². The minimum Gasteiger partial charge on any atom is -0.477 e. The molecule has 3 rings (SSSR count). The largest absolute Gasteiger partial charge is 0.477 e. The Labute approximate surface area is 153 Å². The van der Waals surface area contributed by atoms with Crippen LogP contribution in [-0.4, -0.2) is 26.8 Å². The molecule has 0 saturated carbocycles. The van der Waals surface area contributed by atoms with Crippen LogP contribution >= 0.6 is 11.6 Å². The zero-order chi connectivity index (χ0) is 19.1. The van der Waals surface area contributed by atoms with Crippen LogP contribution in [-0.2, 0) is 17.8 Å². The number of aliphatic carboxylic acids is 1. The van der Waals surface area contributed by atoms with Gasteiger partial charge in [0.25, 0.3) is 0 Å². The number of carbonyl (C=O) groups is 1. The van der Waals surface area contributed by atoms with Crippen molar-refractivity contribution in [3.63, 3.8) is 0 Å². The summed E-state index contributed by atoms with van der Waals surface area (Å²) in [6.45, 7) is 1.88. The molecule has 8 heteroatoms. The second-order valence-corrected chi connectivity index (χ2v) is 6.49. The lowest BCUT2D eigenvalue weighted by Gasteiger charge is -2.24. The molecule has 5 nitrogen and oxygen atoms in total. The summed E-state index contributed by atoms with van der Waals surface area (Å²) in [5.41, 5.74) is 2.74. The quantitative estimate of drug-likeness (QED) is 0.881. The molecule has 1 N–H and O–H groups in total. The smallest absolute Gasteiger partial charge is 0.375 e. The van der Waals surface area contributed by atoms with Crippen LogP contribution in [0.15, 0.2) is 24.3 Å². The molecule has 2 aromatic rings. The van der Waals surface area contributed by atoms with Crippen molar-refractivity contribution in [2.45, 2.75) is 25.8 Å². The average molecular weight is 378 g/mol. The molecule has 0 aliphatic heterocycles. The predicted octanol–water partition coefficient (Wildman–Crippen LogP) is 3.67. The normalized spacial score (nSPS) is 16.2. The summed E-state index contributed by atoms with van der Waals surface area (Å²) in [4.78, 5) is 10.9. The topological polar surface area (TPSA) is 78.9 Å². The number of fused-ring (bicyclic) bond motifs is 1. The van der Waals surface area contributed by atoms with E-state index in [0.717, 1.165) is 0 Å². The summed E-state index contributed by atoms with van der Waals surface area (Å²) in [5, 5.41) is 22.8. The maximum atomic E-state index is 13.9. The van der Waals surface area contributed by atoms with Gasteiger partial charge in [-0.15, -0.1) is 0 Å². The third-order valence-electron chi connectivity index (χ3n) is 4.49. The molecule has 1 aliphatic carbocycles. The molecule has 0 fully saturated rings. The summed E-state index contributed by atoms with van der Waals surface area (Å²) >= 11 is 6.19. The monoisotopic (exact) mass is 377 g/mol. The molecule has 134 valence electrons. The standard InChI is InChI=1S/C18H14ClF2N3O2/c1-10-13-6-5-12(18(20,21)17(25)26)7-16(13)24(23-10)9-14-11(8-22)3-2-4-15(14)19/h2-6,12H,7,9H2,1H3,(H,25,26). The van der Waals surface area contributed by atoms with Crippen LogP contribution in [0, 0.1) is 24.2 Å². The Kier molecular flexibility index (Phi) is 4.55. The van der Waals surface area contributed by atoms with Gasteiger partial charge in [0.1, 0.15) is 0 Å². The Morgan fingerprint density at radius 1 is 1.54 bits per heavy atom. The molecule has 0 saturated heterocycles. The number of rotatable bonds is 4. The van der Waals surface area contributed by atoms with Gasteiger partial charge < -0.3 is 5.11 Å². The molecule has 1 unspecified atom stereocenters. The van der Waals surface area contributed by atoms with Gasteiger partial charge in [-0.25, -0.2) is 4.79 Å². The highest BCUT2D eigenvalue weighted by Crippen LogP contribution is 2.35. The SMILES string of the molecule is Cc1nn(Cc2c(Cl)cccc2C#N)c2c1C=CC(C(F)(F)C(=O)O)C2. The van der Waals surface area contributed by atoms with Crippen molar-refractivity contribution >= 4 is 23.6 Å². The fourth-order valence-corrected chi connectivity index (χ4v) is 3.31. The predicted molar refractivity (Wildman–Crippen MR) is 91.0 cm³/mol. The summed E-state index contributed by atoms with van der Waals surface area (Å²) in [5.74, 6) is -7.50. The van der Waals surface area contributed by atoms with Crippen LogP contribution < -0.4 is 0 Å². The van der Waals surface area contributed by atoms with Crippen molar-refractivity contribution in [1.82, 2.24) is 9.78 Å². The maximum Gasteiger partial charge on any atom is 0.375 e. The number of hydrogen-bond donors (Lipinski definition) is 1. The highest BCUT2D eigenvalue weighted by molar-refractivity contribution is 6.31. The maximum absolute atomic E-state index is 13.9. The van der Waals surface area contributed by atoms with E-state index >= 15 is 0 Å². The Balaban J connectivity index is 2.01. The van der Waals surface area contributed by atoms with Crippen molar-refractivity contribution in [2.75, 3.05) is 0 Å². The lowest BCUT2D eigenvalue weighted by atomic mass is 9.88. The molecule has 0 spiro atoms. The number of nitriles is 1. The molecule has 1 heterocycles. The molecule has 1 aromatic heterocycles. The number of aryl methyl sites for hydroxylation is 1. The van der Waals surface area contributed by atoms with Gasteiger partial charge in [-0.2, -0.15) is 19.1 Å². The lowest BCUT2D eigenvalue weighted by molar-refractivity contribution is -0.170. The molecule has 26 heavy (non-hydrogen) atoms. The van der Waals surface area contributed by atoms with E-state index in [-0.39, 0.29) is 13.0 Å². The second-order valence-electron chi connectivity index (χ2n) is 6.08. The molecule has 1 aliphatic rings. The summed E-state index contributed by atoms with van der Waals surface area (Å²) in [6, 6.07) is 6.96. The number of halogens is 3. The van der Waals surface area contributed by atoms with Gasteiger partial charge in [0.2, 0.25) is 0 Å². The zero-order valence-electron chi connectivity index (χ0n) is 13.7. The number of allylic oxidation sites excluding steroid dienone is 1. The number of benzene rings is 1. The van der Waals surface area contributed by atoms with Crippen molar-refractivity contribution in [2.24, 2.45) is 5.92 Å². The molecular formula is C18H14ClF2N3O2. The van der Waals surface area contributed by atoms with E-state index in [1.54, 1.807) is 25.1 Å². The van der Waals surface area contributed by atoms with E-state index in [1.165, 1.54) is 16.8 Å². The van der Waals surface area contributed by atoms with Crippen LogP contribution in [0.2, 0.25) is 5.02 Å². The third-order valence-corrected chi connectivity index (χ3v) is 4.84. The van der Waals surface area contributed by atoms with Gasteiger partial charge in [-0.05, 0) is 19.1 Å². The van der Waals surface area contributed by atoms with E-state index in [2.05, 4.69) is 11.2 Å². The van der Waals surface area contributed by atoms with Gasteiger partial charge >= 0.3 is 11.9 Å². The molecular weight excluding hydrogens is 364 g/mol. The van der Waals surface area contributed by atoms with Crippen LogP contribution in [0.4, 0.5) is 8.78 Å². The van der Waals surface area contributed by atoms with Gasteiger partial charge in [0, 0.05) is 28.3 Å². The van der Waals surface area contributed by atoms with Crippen molar-refractivity contribution in [3.05, 3.63) is 57.4 Å². The van der Waals surface area contributed by atoms with E-state index < -0.39 is 17.8 Å². The van der Waals surface area contributed by atoms with E-state index in [1.807, 2.05) is 0 Å². The Bertz CT molecular complexity index is 960. The highest BCUT2D eigenvalue weighted by atomic mass is 35.5. The van der Waals surface area contributed by atoms with E-state index in [9.17, 15) is 18.8 Å². The molecule has 1 atom stereocenters. The number of nitrogens with zero attached hydrogens (tertiary/aromatic N) is 3. The van der Waals surface area contributed by atoms with Crippen molar-refractivity contribution < 1.29 is 18.7 Å². The highest BCUT2D eigenvalue weighted by Gasteiger charge is 2.47. The van der Waals surface area contributed by atoms with Crippen molar-refractivity contribution in [3.8, 4) is 6.07 Å². The van der Waals surface area contributed by atoms with Crippen LogP contribution in [0.3, 0.4) is 0 Å². The second kappa shape index (κ2) is 6.54. The fourth-order valence-electron chi connectivity index (χ4n) is 3.08. The van der Waals surface area contributed by atoms with Crippen LogP contribution in [0.25, 0.3) is 6.08 Å². The molecule has 0 radical (unpaired) electrons. The fraction of sp³-hybridized carbons (Fsp3) is 0.278. The van der Waals surface area contributed by atoms with Gasteiger partial charge in [0.05, 0.1) is 29.8 Å². The van der Waals surface area contributed by atoms with E-state index in [4.69, 9.17) is 16.7 Å². The number of aromatic nitrogens is 2. The minimum absolute atomic E-state index is 0.137. The third kappa shape index (κ3) is 2.97. The van der Waals surface area contributed by atoms with Crippen molar-refractivity contribution in [1.29, 1.82) is 5.26 Å². The minimum atomic E-state index is -3.88. The first-order valence-corrected chi connectivity index (χ1v) is 8.16. The zero-order valence-corrected chi connectivity index (χ0v) is 14.5. The average Bonchev–Trinajstić information content (AvgIpc) is 2.92. The van der Waals surface area contributed by atoms with Gasteiger partial charge in [-0.1, -0.05) is 29.8 Å². The van der Waals surface area contributed by atoms with E-state index in [0.29, 0.717) is 33.1 Å². The van der Waals surface area contributed by atoms with Crippen LogP contribution in [0.5, 0.6) is 0 Å². The number of carboxylic acid groups (broad SMARTS) is 1. The Morgan fingerprint density at radius 2 is 2.27 bits per heavy atom. The van der Waals surface area contributed by atoms with Gasteiger partial charge in [0.15, 0.2) is 0 Å². The first-order chi connectivity index (χ1) is 12.3. The van der Waals surface area contributed by atoms with Gasteiger partial charge in [-0.3, -0.25) is 4.68 Å². The summed E-state index contributed by atoms with van der Waals surface area (Å²) in [7, 11) is 0. The molecule has 0 bridgehead atoms. The number of alkyl halides is 2. The summed E-state index contributed by atoms with van der Waals surface area (Å²) < 4.78 is 29.4. The molecule has 0 amide bonds. The lowest BCUT2D eigenvalue weighted by Crippen LogP contribution is -2.38. The first kappa shape index (κ1) is 18.1. The number of carboxylic acids is 1. The summed E-state index contributed by atoms with van der Waals surface area (Å²) in [6.07, 6.45) is 2.53. The molecule has 1 aromatic carbocycles. The Morgan fingerprint density at radius 3 is 2.92 bits per heavy atom. The number of hydrogen-bond acceptors (Lipinski definition) is 3. The first-order valence-electron chi connectivity index (χ1n) is 7.79.